The molecule has 1 aromatic heterocycles. The summed E-state index contributed by atoms with van der Waals surface area (Å²) in [5, 5.41) is 13.9. The monoisotopic (exact) mass is 390 g/mol. The van der Waals surface area contributed by atoms with Gasteiger partial charge in [-0.15, -0.1) is 0 Å². The molecule has 1 aliphatic rings. The first-order valence-corrected chi connectivity index (χ1v) is 10.4. The second-order valence-electron chi connectivity index (χ2n) is 7.98. The van der Waals surface area contributed by atoms with Gasteiger partial charge in [-0.2, -0.15) is 5.10 Å². The Balaban J connectivity index is 1.40. The molecule has 1 N–H and O–H groups in total. The van der Waals surface area contributed by atoms with Gasteiger partial charge in [-0.1, -0.05) is 42.0 Å². The van der Waals surface area contributed by atoms with Crippen molar-refractivity contribution >= 4 is 0 Å². The summed E-state index contributed by atoms with van der Waals surface area (Å²) >= 11 is 0. The maximum atomic E-state index is 9.60. The molecule has 3 aromatic rings. The number of piperazine rings is 1. The highest BCUT2D eigenvalue weighted by Gasteiger charge is 2.26. The molecule has 0 unspecified atom stereocenters. The van der Waals surface area contributed by atoms with Gasteiger partial charge in [0.25, 0.3) is 0 Å². The summed E-state index contributed by atoms with van der Waals surface area (Å²) in [6.07, 6.45) is 4.59. The molecule has 0 radical (unpaired) electrons. The molecule has 5 heteroatoms. The van der Waals surface area contributed by atoms with Crippen LogP contribution in [0.25, 0.3) is 5.69 Å². The maximum absolute atomic E-state index is 9.60. The molecule has 2 aromatic carbocycles. The highest BCUT2D eigenvalue weighted by Crippen LogP contribution is 2.19. The molecule has 29 heavy (non-hydrogen) atoms. The average Bonchev–Trinajstić information content (AvgIpc) is 3.27. The first-order chi connectivity index (χ1) is 14.2. The zero-order valence-corrected chi connectivity index (χ0v) is 17.1. The molecule has 2 heterocycles. The molecule has 1 saturated heterocycles. The first kappa shape index (κ1) is 19.8. The Morgan fingerprint density at radius 2 is 1.86 bits per heavy atom. The Kier molecular flexibility index (Phi) is 6.39. The van der Waals surface area contributed by atoms with E-state index < -0.39 is 0 Å². The van der Waals surface area contributed by atoms with E-state index in [0.29, 0.717) is 6.04 Å². The summed E-state index contributed by atoms with van der Waals surface area (Å²) in [6.45, 7) is 7.29. The van der Waals surface area contributed by atoms with Crippen molar-refractivity contribution in [1.82, 2.24) is 19.6 Å². The standard InChI is InChI=1S/C24H30N4O/c1-20-6-8-21(9-7-20)18-27-14-13-26(19-24(27)10-15-29)17-22-4-2-5-23(16-22)28-12-3-11-25-28/h2-9,11-12,16,24,29H,10,13-15,17-19H2,1H3/t24-/m0/s1. The lowest BCUT2D eigenvalue weighted by atomic mass is 10.1. The molecule has 0 spiro atoms. The average molecular weight is 391 g/mol. The van der Waals surface area contributed by atoms with Crippen molar-refractivity contribution in [1.29, 1.82) is 0 Å². The number of hydrogen-bond acceptors (Lipinski definition) is 4. The van der Waals surface area contributed by atoms with Crippen LogP contribution in [0, 0.1) is 6.92 Å². The van der Waals surface area contributed by atoms with Crippen LogP contribution in [0.2, 0.25) is 0 Å². The lowest BCUT2D eigenvalue weighted by Crippen LogP contribution is -2.52. The van der Waals surface area contributed by atoms with Gasteiger partial charge >= 0.3 is 0 Å². The van der Waals surface area contributed by atoms with Gasteiger partial charge in [0.2, 0.25) is 0 Å². The number of benzene rings is 2. The number of aliphatic hydroxyl groups excluding tert-OH is 1. The SMILES string of the molecule is Cc1ccc(CN2CCN(Cc3cccc(-n4cccn4)c3)C[C@@H]2CCO)cc1. The normalized spacial score (nSPS) is 18.2. The van der Waals surface area contributed by atoms with E-state index in [1.165, 1.54) is 16.7 Å². The molecule has 0 saturated carbocycles. The number of aromatic nitrogens is 2. The Labute approximate surface area is 173 Å². The fourth-order valence-corrected chi connectivity index (χ4v) is 4.14. The highest BCUT2D eigenvalue weighted by atomic mass is 16.3. The third-order valence-corrected chi connectivity index (χ3v) is 5.74. The third kappa shape index (κ3) is 5.12. The zero-order chi connectivity index (χ0) is 20.1. The van der Waals surface area contributed by atoms with E-state index in [1.54, 1.807) is 6.20 Å². The predicted molar refractivity (Wildman–Crippen MR) is 116 cm³/mol. The summed E-state index contributed by atoms with van der Waals surface area (Å²) in [6, 6.07) is 19.7. The molecule has 1 fully saturated rings. The fraction of sp³-hybridized carbons (Fsp3) is 0.375. The van der Waals surface area contributed by atoms with Gasteiger partial charge in [0.05, 0.1) is 5.69 Å². The van der Waals surface area contributed by atoms with E-state index in [1.807, 2.05) is 16.9 Å². The Bertz CT molecular complexity index is 892. The number of rotatable bonds is 7. The van der Waals surface area contributed by atoms with E-state index in [-0.39, 0.29) is 6.61 Å². The molecule has 0 bridgehead atoms. The second kappa shape index (κ2) is 9.35. The summed E-state index contributed by atoms with van der Waals surface area (Å²) in [7, 11) is 0. The van der Waals surface area contributed by atoms with Gasteiger partial charge in [-0.3, -0.25) is 9.80 Å². The van der Waals surface area contributed by atoms with E-state index >= 15 is 0 Å². The van der Waals surface area contributed by atoms with Crippen molar-refractivity contribution in [2.24, 2.45) is 0 Å². The van der Waals surface area contributed by atoms with Gasteiger partial charge in [-0.05, 0) is 42.7 Å². The number of aryl methyl sites for hydroxylation is 1. The molecule has 1 atom stereocenters. The predicted octanol–water partition coefficient (Wildman–Crippen LogP) is 3.25. The van der Waals surface area contributed by atoms with Crippen molar-refractivity contribution in [2.75, 3.05) is 26.2 Å². The first-order valence-electron chi connectivity index (χ1n) is 10.4. The van der Waals surface area contributed by atoms with Gasteiger partial charge < -0.3 is 5.11 Å². The van der Waals surface area contributed by atoms with Crippen LogP contribution in [0.5, 0.6) is 0 Å². The van der Waals surface area contributed by atoms with Crippen molar-refractivity contribution < 1.29 is 5.11 Å². The van der Waals surface area contributed by atoms with Crippen molar-refractivity contribution in [2.45, 2.75) is 32.5 Å². The van der Waals surface area contributed by atoms with Crippen LogP contribution in [0.4, 0.5) is 0 Å². The Morgan fingerprint density at radius 1 is 1.00 bits per heavy atom. The highest BCUT2D eigenvalue weighted by molar-refractivity contribution is 5.35. The molecule has 152 valence electrons. The minimum absolute atomic E-state index is 0.234. The van der Waals surface area contributed by atoms with Crippen molar-refractivity contribution in [3.63, 3.8) is 0 Å². The lowest BCUT2D eigenvalue weighted by Gasteiger charge is -2.41. The van der Waals surface area contributed by atoms with Crippen LogP contribution in [0.15, 0.2) is 67.0 Å². The number of nitrogens with zero attached hydrogens (tertiary/aromatic N) is 4. The van der Waals surface area contributed by atoms with Gasteiger partial charge in [0, 0.05) is 57.8 Å². The lowest BCUT2D eigenvalue weighted by molar-refractivity contribution is 0.0500. The van der Waals surface area contributed by atoms with Crippen LogP contribution in [0.1, 0.15) is 23.1 Å². The smallest absolute Gasteiger partial charge is 0.0648 e. The van der Waals surface area contributed by atoms with E-state index in [2.05, 4.69) is 70.4 Å². The van der Waals surface area contributed by atoms with Crippen LogP contribution < -0.4 is 0 Å². The molecule has 4 rings (SSSR count). The largest absolute Gasteiger partial charge is 0.396 e. The van der Waals surface area contributed by atoms with Crippen molar-refractivity contribution in [3.8, 4) is 5.69 Å². The topological polar surface area (TPSA) is 44.5 Å². The van der Waals surface area contributed by atoms with Crippen LogP contribution in [-0.2, 0) is 13.1 Å². The summed E-state index contributed by atoms with van der Waals surface area (Å²) in [5.74, 6) is 0. The summed E-state index contributed by atoms with van der Waals surface area (Å²) < 4.78 is 1.90. The molecule has 5 nitrogen and oxygen atoms in total. The molecule has 0 amide bonds. The second-order valence-corrected chi connectivity index (χ2v) is 7.98. The Morgan fingerprint density at radius 3 is 2.62 bits per heavy atom. The number of aliphatic hydroxyl groups is 1. The quantitative estimate of drug-likeness (QED) is 0.673. The van der Waals surface area contributed by atoms with Crippen molar-refractivity contribution in [3.05, 3.63) is 83.7 Å². The molecule has 0 aliphatic carbocycles. The van der Waals surface area contributed by atoms with Gasteiger partial charge in [0.1, 0.15) is 0 Å². The van der Waals surface area contributed by atoms with E-state index in [4.69, 9.17) is 0 Å². The summed E-state index contributed by atoms with van der Waals surface area (Å²) in [4.78, 5) is 5.03. The number of hydrogen-bond donors (Lipinski definition) is 1. The molecular formula is C24H30N4O. The summed E-state index contributed by atoms with van der Waals surface area (Å²) in [5.41, 5.74) is 5.03. The molecule has 1 aliphatic heterocycles. The fourth-order valence-electron chi connectivity index (χ4n) is 4.14. The maximum Gasteiger partial charge on any atom is 0.0648 e. The third-order valence-electron chi connectivity index (χ3n) is 5.74. The van der Waals surface area contributed by atoms with Crippen LogP contribution in [-0.4, -0.2) is 57.0 Å². The van der Waals surface area contributed by atoms with E-state index in [0.717, 1.165) is 44.8 Å². The minimum atomic E-state index is 0.234. The molecular weight excluding hydrogens is 360 g/mol. The van der Waals surface area contributed by atoms with Crippen LogP contribution >= 0.6 is 0 Å². The zero-order valence-electron chi connectivity index (χ0n) is 17.1. The van der Waals surface area contributed by atoms with Gasteiger partial charge in [0.15, 0.2) is 0 Å². The Hall–Kier alpha value is -2.47. The minimum Gasteiger partial charge on any atom is -0.396 e. The van der Waals surface area contributed by atoms with E-state index in [9.17, 15) is 5.11 Å². The van der Waals surface area contributed by atoms with Gasteiger partial charge in [-0.25, -0.2) is 4.68 Å². The van der Waals surface area contributed by atoms with Crippen LogP contribution in [0.3, 0.4) is 0 Å².